The fourth-order valence-corrected chi connectivity index (χ4v) is 3.50. The van der Waals surface area contributed by atoms with Crippen molar-refractivity contribution in [3.05, 3.63) is 32.3 Å². The van der Waals surface area contributed by atoms with Gasteiger partial charge in [0.1, 0.15) is 0 Å². The zero-order valence-corrected chi connectivity index (χ0v) is 12.9. The molecule has 1 atom stereocenters. The van der Waals surface area contributed by atoms with Crippen molar-refractivity contribution in [1.82, 2.24) is 0 Å². The van der Waals surface area contributed by atoms with Gasteiger partial charge in [0.15, 0.2) is 0 Å². The first-order valence-corrected chi connectivity index (χ1v) is 7.54. The standard InChI is InChI=1S/C14H19BrN2O2/c1-3-11-7-12(17(18)19)8-13(15)14(11)16-6-4-5-10(2)9-16/h7-8,10H,3-6,9H2,1-2H3. The molecule has 1 unspecified atom stereocenters. The maximum atomic E-state index is 10.9. The van der Waals surface area contributed by atoms with Crippen LogP contribution in [0.25, 0.3) is 0 Å². The Hall–Kier alpha value is -1.10. The molecule has 0 amide bonds. The molecule has 0 spiro atoms. The quantitative estimate of drug-likeness (QED) is 0.619. The van der Waals surface area contributed by atoms with E-state index >= 15 is 0 Å². The molecule has 104 valence electrons. The third-order valence-corrected chi connectivity index (χ3v) is 4.30. The van der Waals surface area contributed by atoms with Gasteiger partial charge in [0, 0.05) is 29.7 Å². The molecule has 19 heavy (non-hydrogen) atoms. The second-order valence-electron chi connectivity index (χ2n) is 5.24. The van der Waals surface area contributed by atoms with E-state index < -0.39 is 0 Å². The zero-order chi connectivity index (χ0) is 14.0. The smallest absolute Gasteiger partial charge is 0.270 e. The lowest BCUT2D eigenvalue weighted by molar-refractivity contribution is -0.385. The topological polar surface area (TPSA) is 46.4 Å². The summed E-state index contributed by atoms with van der Waals surface area (Å²) in [7, 11) is 0. The molecule has 0 aromatic heterocycles. The van der Waals surface area contributed by atoms with Crippen molar-refractivity contribution in [2.45, 2.75) is 33.1 Å². The maximum absolute atomic E-state index is 10.9. The van der Waals surface area contributed by atoms with Crippen molar-refractivity contribution in [2.24, 2.45) is 5.92 Å². The monoisotopic (exact) mass is 326 g/mol. The Balaban J connectivity index is 2.41. The number of benzene rings is 1. The molecule has 0 bridgehead atoms. The average Bonchev–Trinajstić information content (AvgIpc) is 2.37. The molecular formula is C14H19BrN2O2. The lowest BCUT2D eigenvalue weighted by Crippen LogP contribution is -2.35. The summed E-state index contributed by atoms with van der Waals surface area (Å²) in [4.78, 5) is 13.0. The van der Waals surface area contributed by atoms with Crippen molar-refractivity contribution >= 4 is 27.3 Å². The number of hydrogen-bond donors (Lipinski definition) is 0. The Labute approximate surface area is 122 Å². The van der Waals surface area contributed by atoms with E-state index in [1.54, 1.807) is 12.1 Å². The Morgan fingerprint density at radius 1 is 1.53 bits per heavy atom. The molecule has 1 saturated heterocycles. The number of piperidine rings is 1. The van der Waals surface area contributed by atoms with Gasteiger partial charge in [-0.15, -0.1) is 0 Å². The summed E-state index contributed by atoms with van der Waals surface area (Å²) in [5.41, 5.74) is 2.35. The van der Waals surface area contributed by atoms with Gasteiger partial charge in [0.25, 0.3) is 5.69 Å². The first-order chi connectivity index (χ1) is 9.02. The number of anilines is 1. The van der Waals surface area contributed by atoms with Gasteiger partial charge in [0.05, 0.1) is 10.6 Å². The van der Waals surface area contributed by atoms with E-state index in [0.29, 0.717) is 5.92 Å². The number of halogens is 1. The largest absolute Gasteiger partial charge is 0.370 e. The summed E-state index contributed by atoms with van der Waals surface area (Å²) in [6.45, 7) is 6.37. The van der Waals surface area contributed by atoms with Crippen molar-refractivity contribution in [2.75, 3.05) is 18.0 Å². The van der Waals surface area contributed by atoms with E-state index in [0.717, 1.165) is 35.2 Å². The lowest BCUT2D eigenvalue weighted by atomic mass is 9.98. The fraction of sp³-hybridized carbons (Fsp3) is 0.571. The zero-order valence-electron chi connectivity index (χ0n) is 11.4. The van der Waals surface area contributed by atoms with Gasteiger partial charge in [-0.3, -0.25) is 10.1 Å². The molecule has 5 heteroatoms. The molecule has 0 N–H and O–H groups in total. The van der Waals surface area contributed by atoms with Crippen LogP contribution in [0.5, 0.6) is 0 Å². The summed E-state index contributed by atoms with van der Waals surface area (Å²) in [5, 5.41) is 10.9. The maximum Gasteiger partial charge on any atom is 0.270 e. The normalized spacial score (nSPS) is 19.5. The number of aryl methyl sites for hydroxylation is 1. The SMILES string of the molecule is CCc1cc([N+](=O)[O-])cc(Br)c1N1CCCC(C)C1. The third-order valence-electron chi connectivity index (χ3n) is 3.69. The number of nitro groups is 1. The van der Waals surface area contributed by atoms with Crippen molar-refractivity contribution in [3.63, 3.8) is 0 Å². The predicted octanol–water partition coefficient (Wildman–Crippen LogP) is 4.16. The van der Waals surface area contributed by atoms with Crippen LogP contribution >= 0.6 is 15.9 Å². The van der Waals surface area contributed by atoms with Crippen LogP contribution in [0, 0.1) is 16.0 Å². The highest BCUT2D eigenvalue weighted by atomic mass is 79.9. The van der Waals surface area contributed by atoms with Crippen LogP contribution in [-0.4, -0.2) is 18.0 Å². The van der Waals surface area contributed by atoms with E-state index in [-0.39, 0.29) is 10.6 Å². The van der Waals surface area contributed by atoms with Crippen LogP contribution in [0.1, 0.15) is 32.3 Å². The van der Waals surface area contributed by atoms with Gasteiger partial charge in [-0.2, -0.15) is 0 Å². The van der Waals surface area contributed by atoms with E-state index in [1.807, 2.05) is 6.92 Å². The van der Waals surface area contributed by atoms with Gasteiger partial charge in [-0.1, -0.05) is 13.8 Å². The van der Waals surface area contributed by atoms with Crippen LogP contribution in [0.15, 0.2) is 16.6 Å². The molecular weight excluding hydrogens is 308 g/mol. The van der Waals surface area contributed by atoms with Crippen molar-refractivity contribution in [1.29, 1.82) is 0 Å². The average molecular weight is 327 g/mol. The minimum Gasteiger partial charge on any atom is -0.370 e. The van der Waals surface area contributed by atoms with E-state index in [1.165, 1.54) is 12.8 Å². The highest BCUT2D eigenvalue weighted by Gasteiger charge is 2.23. The van der Waals surface area contributed by atoms with Gasteiger partial charge >= 0.3 is 0 Å². The minimum atomic E-state index is -0.327. The number of nitrogens with zero attached hydrogens (tertiary/aromatic N) is 2. The number of non-ortho nitro benzene ring substituents is 1. The first kappa shape index (κ1) is 14.3. The third kappa shape index (κ3) is 3.08. The molecule has 1 aromatic rings. The highest BCUT2D eigenvalue weighted by molar-refractivity contribution is 9.10. The molecule has 1 aliphatic heterocycles. The summed E-state index contributed by atoms with van der Waals surface area (Å²) < 4.78 is 0.840. The first-order valence-electron chi connectivity index (χ1n) is 6.74. The Morgan fingerprint density at radius 2 is 2.26 bits per heavy atom. The van der Waals surface area contributed by atoms with Crippen LogP contribution in [0.3, 0.4) is 0 Å². The highest BCUT2D eigenvalue weighted by Crippen LogP contribution is 2.36. The molecule has 1 aliphatic rings. The predicted molar refractivity (Wildman–Crippen MR) is 80.8 cm³/mol. The molecule has 1 fully saturated rings. The number of hydrogen-bond acceptors (Lipinski definition) is 3. The molecule has 0 radical (unpaired) electrons. The van der Waals surface area contributed by atoms with Crippen LogP contribution in [0.2, 0.25) is 0 Å². The Morgan fingerprint density at radius 3 is 2.84 bits per heavy atom. The second kappa shape index (κ2) is 5.90. The molecule has 0 aliphatic carbocycles. The Bertz CT molecular complexity index is 491. The summed E-state index contributed by atoms with van der Waals surface area (Å²) in [5.74, 6) is 0.681. The summed E-state index contributed by atoms with van der Waals surface area (Å²) >= 11 is 3.52. The van der Waals surface area contributed by atoms with Crippen LogP contribution in [0.4, 0.5) is 11.4 Å². The van der Waals surface area contributed by atoms with Gasteiger partial charge in [0.2, 0.25) is 0 Å². The van der Waals surface area contributed by atoms with Crippen LogP contribution in [-0.2, 0) is 6.42 Å². The van der Waals surface area contributed by atoms with Gasteiger partial charge in [-0.05, 0) is 46.7 Å². The minimum absolute atomic E-state index is 0.164. The molecule has 1 aromatic carbocycles. The molecule has 4 nitrogen and oxygen atoms in total. The molecule has 0 saturated carbocycles. The number of rotatable bonds is 3. The second-order valence-corrected chi connectivity index (χ2v) is 6.09. The van der Waals surface area contributed by atoms with Crippen LogP contribution < -0.4 is 4.90 Å². The molecule has 2 rings (SSSR count). The van der Waals surface area contributed by atoms with E-state index in [9.17, 15) is 10.1 Å². The summed E-state index contributed by atoms with van der Waals surface area (Å²) in [6, 6.07) is 3.33. The number of nitro benzene ring substituents is 1. The van der Waals surface area contributed by atoms with E-state index in [2.05, 4.69) is 27.8 Å². The van der Waals surface area contributed by atoms with Gasteiger partial charge in [-0.25, -0.2) is 0 Å². The van der Waals surface area contributed by atoms with Gasteiger partial charge < -0.3 is 4.90 Å². The molecule has 1 heterocycles. The van der Waals surface area contributed by atoms with E-state index in [4.69, 9.17) is 0 Å². The fourth-order valence-electron chi connectivity index (χ4n) is 2.76. The summed E-state index contributed by atoms with van der Waals surface area (Å²) in [6.07, 6.45) is 3.26. The van der Waals surface area contributed by atoms with Crippen molar-refractivity contribution in [3.8, 4) is 0 Å². The lowest BCUT2D eigenvalue weighted by Gasteiger charge is -2.34. The Kier molecular flexibility index (Phi) is 4.45. The van der Waals surface area contributed by atoms with Crippen molar-refractivity contribution < 1.29 is 4.92 Å².